The standard InChI is InChI=1S/C15H15F2NO/c1-10(2)14-7-13(5-6-15(14)17)19-9-12-4-3-11(16)8-18-12/h3-8,10H,9H2,1-2H3. The van der Waals surface area contributed by atoms with Gasteiger partial charge in [0.1, 0.15) is 24.0 Å². The van der Waals surface area contributed by atoms with E-state index < -0.39 is 0 Å². The Morgan fingerprint density at radius 1 is 1.16 bits per heavy atom. The van der Waals surface area contributed by atoms with Gasteiger partial charge in [-0.3, -0.25) is 4.98 Å². The van der Waals surface area contributed by atoms with Crippen molar-refractivity contribution >= 4 is 0 Å². The predicted molar refractivity (Wildman–Crippen MR) is 69.0 cm³/mol. The molecule has 0 atom stereocenters. The minimum Gasteiger partial charge on any atom is -0.487 e. The van der Waals surface area contributed by atoms with Crippen LogP contribution < -0.4 is 4.74 Å². The molecule has 0 amide bonds. The van der Waals surface area contributed by atoms with Crippen molar-refractivity contribution in [1.82, 2.24) is 4.98 Å². The molecule has 2 rings (SSSR count). The van der Waals surface area contributed by atoms with Crippen LogP contribution >= 0.6 is 0 Å². The van der Waals surface area contributed by atoms with Crippen LogP contribution in [0.3, 0.4) is 0 Å². The van der Waals surface area contributed by atoms with Gasteiger partial charge in [0.25, 0.3) is 0 Å². The molecular weight excluding hydrogens is 248 g/mol. The smallest absolute Gasteiger partial charge is 0.141 e. The molecule has 0 saturated carbocycles. The third-order valence-corrected chi connectivity index (χ3v) is 2.76. The normalized spacial score (nSPS) is 10.8. The Bertz CT molecular complexity index is 553. The monoisotopic (exact) mass is 263 g/mol. The zero-order valence-corrected chi connectivity index (χ0v) is 10.9. The summed E-state index contributed by atoms with van der Waals surface area (Å²) < 4.78 is 31.7. The summed E-state index contributed by atoms with van der Waals surface area (Å²) in [5.41, 5.74) is 1.24. The lowest BCUT2D eigenvalue weighted by Gasteiger charge is -2.11. The number of benzene rings is 1. The van der Waals surface area contributed by atoms with E-state index in [1.165, 1.54) is 12.1 Å². The van der Waals surface area contributed by atoms with Gasteiger partial charge in [-0.25, -0.2) is 8.78 Å². The number of nitrogens with zero attached hydrogens (tertiary/aromatic N) is 1. The van der Waals surface area contributed by atoms with E-state index in [0.717, 1.165) is 6.20 Å². The van der Waals surface area contributed by atoms with Crippen LogP contribution in [0, 0.1) is 11.6 Å². The molecular formula is C15H15F2NO. The highest BCUT2D eigenvalue weighted by molar-refractivity contribution is 5.31. The first kappa shape index (κ1) is 13.5. The molecule has 1 aromatic carbocycles. The summed E-state index contributed by atoms with van der Waals surface area (Å²) in [7, 11) is 0. The Morgan fingerprint density at radius 2 is 1.95 bits per heavy atom. The predicted octanol–water partition coefficient (Wildman–Crippen LogP) is 4.06. The number of hydrogen-bond acceptors (Lipinski definition) is 2. The fourth-order valence-corrected chi connectivity index (χ4v) is 1.70. The second-order valence-electron chi connectivity index (χ2n) is 4.59. The van der Waals surface area contributed by atoms with E-state index in [2.05, 4.69) is 4.98 Å². The fourth-order valence-electron chi connectivity index (χ4n) is 1.70. The number of rotatable bonds is 4. The van der Waals surface area contributed by atoms with Crippen molar-refractivity contribution in [2.24, 2.45) is 0 Å². The van der Waals surface area contributed by atoms with Gasteiger partial charge in [0.15, 0.2) is 0 Å². The van der Waals surface area contributed by atoms with Gasteiger partial charge in [0, 0.05) is 0 Å². The maximum Gasteiger partial charge on any atom is 0.141 e. The number of halogens is 2. The number of aromatic nitrogens is 1. The Morgan fingerprint density at radius 3 is 2.58 bits per heavy atom. The Hall–Kier alpha value is -1.97. The molecule has 0 fully saturated rings. The van der Waals surface area contributed by atoms with Crippen molar-refractivity contribution in [2.45, 2.75) is 26.4 Å². The molecule has 0 aliphatic heterocycles. The molecule has 0 aliphatic rings. The van der Waals surface area contributed by atoms with Gasteiger partial charge in [-0.15, -0.1) is 0 Å². The van der Waals surface area contributed by atoms with Crippen LogP contribution in [0.25, 0.3) is 0 Å². The van der Waals surface area contributed by atoms with Gasteiger partial charge in [-0.1, -0.05) is 13.8 Å². The molecule has 4 heteroatoms. The summed E-state index contributed by atoms with van der Waals surface area (Å²) in [4.78, 5) is 3.89. The molecule has 0 radical (unpaired) electrons. The molecule has 1 heterocycles. The lowest BCUT2D eigenvalue weighted by molar-refractivity contribution is 0.300. The van der Waals surface area contributed by atoms with E-state index in [4.69, 9.17) is 4.74 Å². The summed E-state index contributed by atoms with van der Waals surface area (Å²) in [6, 6.07) is 7.54. The van der Waals surface area contributed by atoms with Gasteiger partial charge in [0.2, 0.25) is 0 Å². The molecule has 100 valence electrons. The topological polar surface area (TPSA) is 22.1 Å². The number of hydrogen-bond donors (Lipinski definition) is 0. The van der Waals surface area contributed by atoms with Gasteiger partial charge >= 0.3 is 0 Å². The van der Waals surface area contributed by atoms with E-state index in [1.807, 2.05) is 13.8 Å². The Labute approximate surface area is 111 Å². The van der Waals surface area contributed by atoms with Gasteiger partial charge in [0.05, 0.1) is 11.9 Å². The van der Waals surface area contributed by atoms with Crippen molar-refractivity contribution < 1.29 is 13.5 Å². The van der Waals surface area contributed by atoms with Crippen molar-refractivity contribution in [3.05, 3.63) is 59.4 Å². The largest absolute Gasteiger partial charge is 0.487 e. The average Bonchev–Trinajstić information content (AvgIpc) is 2.39. The highest BCUT2D eigenvalue weighted by Gasteiger charge is 2.08. The van der Waals surface area contributed by atoms with Crippen molar-refractivity contribution in [2.75, 3.05) is 0 Å². The fraction of sp³-hybridized carbons (Fsp3) is 0.267. The minimum absolute atomic E-state index is 0.0903. The summed E-state index contributed by atoms with van der Waals surface area (Å²) >= 11 is 0. The highest BCUT2D eigenvalue weighted by atomic mass is 19.1. The third kappa shape index (κ3) is 3.50. The summed E-state index contributed by atoms with van der Waals surface area (Å²) in [5.74, 6) is 0.0543. The van der Waals surface area contributed by atoms with Gasteiger partial charge in [-0.2, -0.15) is 0 Å². The van der Waals surface area contributed by atoms with Gasteiger partial charge < -0.3 is 4.74 Å². The molecule has 19 heavy (non-hydrogen) atoms. The van der Waals surface area contributed by atoms with Crippen LogP contribution in [0.5, 0.6) is 5.75 Å². The number of pyridine rings is 1. The van der Waals surface area contributed by atoms with E-state index in [-0.39, 0.29) is 24.2 Å². The molecule has 0 spiro atoms. The van der Waals surface area contributed by atoms with E-state index in [0.29, 0.717) is 17.0 Å². The van der Waals surface area contributed by atoms with Crippen molar-refractivity contribution in [3.8, 4) is 5.75 Å². The molecule has 1 aromatic heterocycles. The van der Waals surface area contributed by atoms with E-state index in [9.17, 15) is 8.78 Å². The summed E-state index contributed by atoms with van der Waals surface area (Å²) in [6.07, 6.45) is 1.14. The van der Waals surface area contributed by atoms with Crippen LogP contribution in [0.1, 0.15) is 31.0 Å². The highest BCUT2D eigenvalue weighted by Crippen LogP contribution is 2.24. The first-order valence-electron chi connectivity index (χ1n) is 6.09. The molecule has 2 aromatic rings. The van der Waals surface area contributed by atoms with Crippen LogP contribution in [-0.2, 0) is 6.61 Å². The first-order valence-corrected chi connectivity index (χ1v) is 6.09. The number of ether oxygens (including phenoxy) is 1. The Balaban J connectivity index is 2.07. The average molecular weight is 263 g/mol. The van der Waals surface area contributed by atoms with Crippen LogP contribution in [0.4, 0.5) is 8.78 Å². The lowest BCUT2D eigenvalue weighted by atomic mass is 10.0. The van der Waals surface area contributed by atoms with E-state index in [1.54, 1.807) is 18.2 Å². The van der Waals surface area contributed by atoms with Crippen molar-refractivity contribution in [1.29, 1.82) is 0 Å². The Kier molecular flexibility index (Phi) is 4.10. The SMILES string of the molecule is CC(C)c1cc(OCc2ccc(F)cn2)ccc1F. The molecule has 0 bridgehead atoms. The van der Waals surface area contributed by atoms with Crippen LogP contribution in [-0.4, -0.2) is 4.98 Å². The van der Waals surface area contributed by atoms with Crippen LogP contribution in [0.15, 0.2) is 36.5 Å². The minimum atomic E-state index is -0.382. The first-order chi connectivity index (χ1) is 9.06. The zero-order chi connectivity index (χ0) is 13.8. The summed E-state index contributed by atoms with van der Waals surface area (Å²) in [5, 5.41) is 0. The lowest BCUT2D eigenvalue weighted by Crippen LogP contribution is -2.00. The third-order valence-electron chi connectivity index (χ3n) is 2.76. The zero-order valence-electron chi connectivity index (χ0n) is 10.9. The maximum absolute atomic E-state index is 13.5. The molecule has 2 nitrogen and oxygen atoms in total. The van der Waals surface area contributed by atoms with E-state index >= 15 is 0 Å². The quantitative estimate of drug-likeness (QED) is 0.829. The second-order valence-corrected chi connectivity index (χ2v) is 4.59. The molecule has 0 saturated heterocycles. The van der Waals surface area contributed by atoms with Crippen LogP contribution in [0.2, 0.25) is 0 Å². The maximum atomic E-state index is 13.5. The molecule has 0 N–H and O–H groups in total. The second kappa shape index (κ2) is 5.78. The molecule has 0 unspecified atom stereocenters. The summed E-state index contributed by atoms with van der Waals surface area (Å²) in [6.45, 7) is 4.07. The van der Waals surface area contributed by atoms with Gasteiger partial charge in [-0.05, 0) is 41.8 Å². The van der Waals surface area contributed by atoms with Crippen molar-refractivity contribution in [3.63, 3.8) is 0 Å². The molecule has 0 aliphatic carbocycles.